The molecule has 0 bridgehead atoms. The van der Waals surface area contributed by atoms with E-state index >= 15 is 0 Å². The third kappa shape index (κ3) is 7.50. The van der Waals surface area contributed by atoms with Crippen molar-refractivity contribution in [1.82, 2.24) is 0 Å². The summed E-state index contributed by atoms with van der Waals surface area (Å²) in [5.74, 6) is 1.80. The van der Waals surface area contributed by atoms with Crippen LogP contribution in [0.4, 0.5) is 0 Å². The molecule has 0 saturated carbocycles. The summed E-state index contributed by atoms with van der Waals surface area (Å²) in [6.07, 6.45) is 0. The molecule has 3 aromatic rings. The topological polar surface area (TPSA) is 18.5 Å². The normalized spacial score (nSPS) is 13.1. The highest BCUT2D eigenvalue weighted by atomic mass is 31.2. The van der Waals surface area contributed by atoms with Crippen LogP contribution in [0.25, 0.3) is 0 Å². The van der Waals surface area contributed by atoms with E-state index in [4.69, 9.17) is 9.05 Å². The molecule has 0 atom stereocenters. The maximum absolute atomic E-state index is 7.04. The summed E-state index contributed by atoms with van der Waals surface area (Å²) in [5, 5.41) is 1.15. The Bertz CT molecular complexity index is 1250. The van der Waals surface area contributed by atoms with Crippen LogP contribution >= 0.6 is 8.38 Å². The van der Waals surface area contributed by atoms with Crippen molar-refractivity contribution >= 4 is 13.7 Å². The number of aryl methyl sites for hydroxylation is 3. The number of benzene rings is 3. The molecule has 0 aliphatic heterocycles. The van der Waals surface area contributed by atoms with Crippen LogP contribution in [0, 0.1) is 20.8 Å². The van der Waals surface area contributed by atoms with E-state index in [0.717, 1.165) is 16.8 Å². The van der Waals surface area contributed by atoms with Gasteiger partial charge in [0, 0.05) is 11.1 Å². The summed E-state index contributed by atoms with van der Waals surface area (Å²) < 4.78 is 14.1. The zero-order chi connectivity index (χ0) is 30.4. The van der Waals surface area contributed by atoms with E-state index in [-0.39, 0.29) is 21.7 Å². The van der Waals surface area contributed by atoms with Crippen molar-refractivity contribution in [2.45, 2.75) is 126 Å². The molecule has 0 spiro atoms. The minimum atomic E-state index is -1.46. The summed E-state index contributed by atoms with van der Waals surface area (Å²) >= 11 is 0. The molecule has 2 nitrogen and oxygen atoms in total. The summed E-state index contributed by atoms with van der Waals surface area (Å²) in [6, 6.07) is 17.9. The van der Waals surface area contributed by atoms with Gasteiger partial charge in [0.25, 0.3) is 0 Å². The van der Waals surface area contributed by atoms with E-state index in [9.17, 15) is 0 Å². The van der Waals surface area contributed by atoms with Crippen LogP contribution in [0.1, 0.15) is 122 Å². The van der Waals surface area contributed by atoms with E-state index in [1.54, 1.807) is 0 Å². The third-order valence-electron chi connectivity index (χ3n) is 7.49. The zero-order valence-corrected chi connectivity index (χ0v) is 28.8. The molecular weight excluding hydrogens is 507 g/mol. The monoisotopic (exact) mass is 560 g/mol. The molecule has 0 unspecified atom stereocenters. The fourth-order valence-electron chi connectivity index (χ4n) is 5.07. The van der Waals surface area contributed by atoms with Gasteiger partial charge in [-0.3, -0.25) is 0 Å². The lowest BCUT2D eigenvalue weighted by molar-refractivity contribution is 0.466. The molecule has 218 valence electrons. The Kier molecular flexibility index (Phi) is 8.99. The number of rotatable bonds is 5. The number of hydrogen-bond acceptors (Lipinski definition) is 2. The Balaban J connectivity index is 2.23. The van der Waals surface area contributed by atoms with Gasteiger partial charge >= 0.3 is 8.38 Å². The first-order valence-electron chi connectivity index (χ1n) is 14.6. The smallest absolute Gasteiger partial charge is 0.326 e. The molecule has 0 fully saturated rings. The average Bonchev–Trinajstić information content (AvgIpc) is 2.75. The van der Waals surface area contributed by atoms with Crippen LogP contribution < -0.4 is 14.4 Å². The fourth-order valence-corrected chi connectivity index (χ4v) is 6.67. The van der Waals surface area contributed by atoms with Crippen molar-refractivity contribution < 1.29 is 9.05 Å². The van der Waals surface area contributed by atoms with Crippen LogP contribution in [0.2, 0.25) is 0 Å². The van der Waals surface area contributed by atoms with Crippen LogP contribution in [0.15, 0.2) is 48.5 Å². The molecule has 40 heavy (non-hydrogen) atoms. The van der Waals surface area contributed by atoms with Gasteiger partial charge in [0.05, 0.1) is 5.30 Å². The van der Waals surface area contributed by atoms with E-state index in [0.29, 0.717) is 0 Å². The van der Waals surface area contributed by atoms with Gasteiger partial charge in [0.1, 0.15) is 11.5 Å². The Labute approximate surface area is 246 Å². The van der Waals surface area contributed by atoms with Gasteiger partial charge in [-0.25, -0.2) is 0 Å². The molecule has 3 heteroatoms. The van der Waals surface area contributed by atoms with Gasteiger partial charge in [-0.15, -0.1) is 0 Å². The quantitative estimate of drug-likeness (QED) is 0.289. The van der Waals surface area contributed by atoms with Crippen molar-refractivity contribution in [2.24, 2.45) is 0 Å². The lowest BCUT2D eigenvalue weighted by Gasteiger charge is -2.31. The molecule has 0 saturated heterocycles. The van der Waals surface area contributed by atoms with E-state index < -0.39 is 8.38 Å². The SMILES string of the molecule is Cc1cc(C)c(P(Oc2ccc(C(C)(C)C)cc2C(C)(C)C)Oc2ccc(C(C)(C)C)cc2C(C)(C)C)c(C)c1. The Hall–Kier alpha value is -2.31. The van der Waals surface area contributed by atoms with Crippen LogP contribution in [-0.4, -0.2) is 0 Å². The Morgan fingerprint density at radius 3 is 1.12 bits per heavy atom. The lowest BCUT2D eigenvalue weighted by Crippen LogP contribution is -2.22. The van der Waals surface area contributed by atoms with Gasteiger partial charge < -0.3 is 9.05 Å². The number of hydrogen-bond donors (Lipinski definition) is 0. The van der Waals surface area contributed by atoms with Crippen molar-refractivity contribution in [3.8, 4) is 11.5 Å². The standard InChI is InChI=1S/C37H53O2P/c1-24-20-25(2)33(26(3)21-24)40(38-31-18-16-27(34(4,5)6)22-29(31)36(10,11)12)39-32-19-17-28(35(7,8)9)23-30(32)37(13,14)15/h16-23H,1-15H3. The van der Waals surface area contributed by atoms with Crippen LogP contribution in [0.3, 0.4) is 0 Å². The van der Waals surface area contributed by atoms with Crippen molar-refractivity contribution in [3.05, 3.63) is 87.5 Å². The third-order valence-corrected chi connectivity index (χ3v) is 9.28. The molecule has 0 aromatic heterocycles. The fraction of sp³-hybridized carbons (Fsp3) is 0.514. The highest BCUT2D eigenvalue weighted by Crippen LogP contribution is 2.48. The maximum atomic E-state index is 7.04. The minimum absolute atomic E-state index is 0.0559. The molecule has 0 amide bonds. The zero-order valence-electron chi connectivity index (χ0n) is 27.9. The van der Waals surface area contributed by atoms with Gasteiger partial charge in [-0.2, -0.15) is 0 Å². The van der Waals surface area contributed by atoms with Crippen molar-refractivity contribution in [3.63, 3.8) is 0 Å². The first kappa shape index (κ1) is 32.2. The minimum Gasteiger partial charge on any atom is -0.435 e. The molecule has 0 N–H and O–H groups in total. The molecule has 0 heterocycles. The van der Waals surface area contributed by atoms with Crippen LogP contribution in [0.5, 0.6) is 11.5 Å². The summed E-state index contributed by atoms with van der Waals surface area (Å²) in [6.45, 7) is 33.7. The largest absolute Gasteiger partial charge is 0.435 e. The van der Waals surface area contributed by atoms with Gasteiger partial charge in [0.2, 0.25) is 0 Å². The summed E-state index contributed by atoms with van der Waals surface area (Å²) in [4.78, 5) is 0. The Morgan fingerprint density at radius 1 is 0.475 bits per heavy atom. The average molecular weight is 561 g/mol. The molecular formula is C37H53O2P. The van der Waals surface area contributed by atoms with E-state index in [1.807, 2.05) is 0 Å². The second-order valence-electron chi connectivity index (χ2n) is 15.6. The van der Waals surface area contributed by atoms with Gasteiger partial charge in [-0.1, -0.05) is 125 Å². The van der Waals surface area contributed by atoms with E-state index in [1.165, 1.54) is 38.9 Å². The van der Waals surface area contributed by atoms with Crippen molar-refractivity contribution in [2.75, 3.05) is 0 Å². The highest BCUT2D eigenvalue weighted by molar-refractivity contribution is 7.57. The molecule has 3 aromatic carbocycles. The maximum Gasteiger partial charge on any atom is 0.326 e. The predicted octanol–water partition coefficient (Wildman–Crippen LogP) is 10.9. The lowest BCUT2D eigenvalue weighted by atomic mass is 9.80. The first-order valence-corrected chi connectivity index (χ1v) is 15.8. The second-order valence-corrected chi connectivity index (χ2v) is 16.9. The molecule has 0 aliphatic carbocycles. The second kappa shape index (κ2) is 11.2. The Morgan fingerprint density at radius 2 is 0.825 bits per heavy atom. The predicted molar refractivity (Wildman–Crippen MR) is 176 cm³/mol. The molecule has 3 rings (SSSR count). The molecule has 0 radical (unpaired) electrons. The van der Waals surface area contributed by atoms with Gasteiger partial charge in [0.15, 0.2) is 0 Å². The van der Waals surface area contributed by atoms with Gasteiger partial charge in [-0.05, 0) is 76.8 Å². The highest BCUT2D eigenvalue weighted by Gasteiger charge is 2.31. The van der Waals surface area contributed by atoms with Crippen LogP contribution in [-0.2, 0) is 21.7 Å². The van der Waals surface area contributed by atoms with Crippen molar-refractivity contribution in [1.29, 1.82) is 0 Å². The molecule has 0 aliphatic rings. The summed E-state index contributed by atoms with van der Waals surface area (Å²) in [7, 11) is -1.46. The van der Waals surface area contributed by atoms with E-state index in [2.05, 4.69) is 152 Å². The first-order chi connectivity index (χ1) is 18.1. The summed E-state index contributed by atoms with van der Waals surface area (Å²) in [5.41, 5.74) is 8.64.